The Labute approximate surface area is 128 Å². The van der Waals surface area contributed by atoms with Crippen LogP contribution < -0.4 is 5.32 Å². The predicted octanol–water partition coefficient (Wildman–Crippen LogP) is 4.07. The first-order valence-electron chi connectivity index (χ1n) is 6.76. The molecule has 3 rings (SSSR count). The maximum atomic E-state index is 9.57. The molecule has 4 heteroatoms. The van der Waals surface area contributed by atoms with E-state index in [0.29, 0.717) is 5.56 Å². The topological polar surface area (TPSA) is 68.9 Å². The Morgan fingerprint density at radius 1 is 0.909 bits per heavy atom. The number of aromatic nitrogens is 1. The standard InChI is InChI=1S/C18H13N3O/c19-10-13-4-6-16(7-5-13)21-17-8-15(11-20-12-17)14-2-1-3-18(22)9-14/h1-9,11-12,21-22H. The molecule has 0 saturated heterocycles. The number of phenols is 1. The molecule has 22 heavy (non-hydrogen) atoms. The van der Waals surface area contributed by atoms with Gasteiger partial charge in [-0.25, -0.2) is 0 Å². The first kappa shape index (κ1) is 13.7. The maximum absolute atomic E-state index is 9.57. The number of anilines is 2. The molecule has 0 aliphatic heterocycles. The van der Waals surface area contributed by atoms with E-state index in [2.05, 4.69) is 16.4 Å². The van der Waals surface area contributed by atoms with Gasteiger partial charge in [-0.3, -0.25) is 4.98 Å². The van der Waals surface area contributed by atoms with Crippen molar-refractivity contribution >= 4 is 11.4 Å². The van der Waals surface area contributed by atoms with Crippen molar-refractivity contribution in [3.8, 4) is 22.9 Å². The Morgan fingerprint density at radius 2 is 1.73 bits per heavy atom. The van der Waals surface area contributed by atoms with Crippen LogP contribution in [0.4, 0.5) is 11.4 Å². The smallest absolute Gasteiger partial charge is 0.116 e. The van der Waals surface area contributed by atoms with E-state index in [4.69, 9.17) is 5.26 Å². The Hall–Kier alpha value is -3.32. The van der Waals surface area contributed by atoms with Gasteiger partial charge in [0.25, 0.3) is 0 Å². The lowest BCUT2D eigenvalue weighted by atomic mass is 10.1. The molecule has 4 nitrogen and oxygen atoms in total. The van der Waals surface area contributed by atoms with Crippen molar-refractivity contribution < 1.29 is 5.11 Å². The van der Waals surface area contributed by atoms with E-state index in [1.54, 1.807) is 42.7 Å². The first-order chi connectivity index (χ1) is 10.7. The van der Waals surface area contributed by atoms with Gasteiger partial charge in [0.1, 0.15) is 5.75 Å². The molecule has 0 saturated carbocycles. The SMILES string of the molecule is N#Cc1ccc(Nc2cncc(-c3cccc(O)c3)c2)cc1. The fraction of sp³-hybridized carbons (Fsp3) is 0. The average molecular weight is 287 g/mol. The monoisotopic (exact) mass is 287 g/mol. The number of nitrogens with zero attached hydrogens (tertiary/aromatic N) is 2. The van der Waals surface area contributed by atoms with Gasteiger partial charge in [0.2, 0.25) is 0 Å². The predicted molar refractivity (Wildman–Crippen MR) is 85.8 cm³/mol. The molecule has 0 spiro atoms. The fourth-order valence-electron chi connectivity index (χ4n) is 2.15. The lowest BCUT2D eigenvalue weighted by Crippen LogP contribution is -1.92. The van der Waals surface area contributed by atoms with Crippen molar-refractivity contribution in [2.75, 3.05) is 5.32 Å². The molecule has 0 amide bonds. The summed E-state index contributed by atoms with van der Waals surface area (Å²) in [5, 5.41) is 21.6. The fourth-order valence-corrected chi connectivity index (χ4v) is 2.15. The molecule has 2 aromatic carbocycles. The van der Waals surface area contributed by atoms with Crippen LogP contribution in [-0.4, -0.2) is 10.1 Å². The van der Waals surface area contributed by atoms with Gasteiger partial charge in [-0.05, 0) is 48.0 Å². The lowest BCUT2D eigenvalue weighted by Gasteiger charge is -2.08. The van der Waals surface area contributed by atoms with Gasteiger partial charge >= 0.3 is 0 Å². The lowest BCUT2D eigenvalue weighted by molar-refractivity contribution is 0.475. The maximum Gasteiger partial charge on any atom is 0.116 e. The summed E-state index contributed by atoms with van der Waals surface area (Å²) in [5.74, 6) is 0.225. The average Bonchev–Trinajstić information content (AvgIpc) is 2.56. The van der Waals surface area contributed by atoms with Crippen LogP contribution in [0.5, 0.6) is 5.75 Å². The van der Waals surface area contributed by atoms with Crippen molar-refractivity contribution in [2.45, 2.75) is 0 Å². The zero-order valence-corrected chi connectivity index (χ0v) is 11.7. The van der Waals surface area contributed by atoms with Gasteiger partial charge < -0.3 is 10.4 Å². The molecular weight excluding hydrogens is 274 g/mol. The summed E-state index contributed by atoms with van der Waals surface area (Å²) in [6.45, 7) is 0. The largest absolute Gasteiger partial charge is 0.508 e. The second-order valence-electron chi connectivity index (χ2n) is 4.83. The molecule has 2 N–H and O–H groups in total. The summed E-state index contributed by atoms with van der Waals surface area (Å²) in [6, 6.07) is 18.3. The molecular formula is C18H13N3O. The minimum Gasteiger partial charge on any atom is -0.508 e. The molecule has 0 bridgehead atoms. The summed E-state index contributed by atoms with van der Waals surface area (Å²) < 4.78 is 0. The summed E-state index contributed by atoms with van der Waals surface area (Å²) in [6.07, 6.45) is 3.48. The quantitative estimate of drug-likeness (QED) is 0.762. The molecule has 3 aromatic rings. The van der Waals surface area contributed by atoms with Crippen molar-refractivity contribution in [1.29, 1.82) is 5.26 Å². The van der Waals surface area contributed by atoms with Gasteiger partial charge in [0.15, 0.2) is 0 Å². The van der Waals surface area contributed by atoms with Crippen LogP contribution in [-0.2, 0) is 0 Å². The molecule has 0 unspecified atom stereocenters. The van der Waals surface area contributed by atoms with E-state index in [1.807, 2.05) is 24.3 Å². The summed E-state index contributed by atoms with van der Waals surface area (Å²) >= 11 is 0. The number of rotatable bonds is 3. The van der Waals surface area contributed by atoms with Gasteiger partial charge in [0, 0.05) is 17.4 Å². The Balaban J connectivity index is 1.86. The second-order valence-corrected chi connectivity index (χ2v) is 4.83. The molecule has 1 heterocycles. The third kappa shape index (κ3) is 3.05. The van der Waals surface area contributed by atoms with E-state index in [0.717, 1.165) is 22.5 Å². The van der Waals surface area contributed by atoms with Gasteiger partial charge in [-0.1, -0.05) is 12.1 Å². The van der Waals surface area contributed by atoms with Crippen LogP contribution in [0.1, 0.15) is 5.56 Å². The molecule has 1 aromatic heterocycles. The van der Waals surface area contributed by atoms with E-state index in [9.17, 15) is 5.11 Å². The van der Waals surface area contributed by atoms with Crippen LogP contribution in [0.2, 0.25) is 0 Å². The minimum absolute atomic E-state index is 0.225. The highest BCUT2D eigenvalue weighted by Gasteiger charge is 2.02. The van der Waals surface area contributed by atoms with E-state index >= 15 is 0 Å². The number of pyridine rings is 1. The molecule has 0 aliphatic rings. The number of hydrogen-bond acceptors (Lipinski definition) is 4. The molecule has 0 aliphatic carbocycles. The summed E-state index contributed by atoms with van der Waals surface area (Å²) in [5.41, 5.74) is 4.15. The minimum atomic E-state index is 0.225. The highest BCUT2D eigenvalue weighted by Crippen LogP contribution is 2.26. The number of aromatic hydroxyl groups is 1. The second kappa shape index (κ2) is 5.98. The van der Waals surface area contributed by atoms with Gasteiger partial charge in [-0.2, -0.15) is 5.26 Å². The van der Waals surface area contributed by atoms with Crippen LogP contribution in [0.15, 0.2) is 67.0 Å². The number of nitriles is 1. The van der Waals surface area contributed by atoms with Crippen LogP contribution in [0.3, 0.4) is 0 Å². The Morgan fingerprint density at radius 3 is 2.45 bits per heavy atom. The molecule has 0 fully saturated rings. The highest BCUT2D eigenvalue weighted by molar-refractivity contribution is 5.70. The van der Waals surface area contributed by atoms with E-state index < -0.39 is 0 Å². The first-order valence-corrected chi connectivity index (χ1v) is 6.76. The van der Waals surface area contributed by atoms with Crippen molar-refractivity contribution in [3.05, 3.63) is 72.6 Å². The van der Waals surface area contributed by atoms with Crippen molar-refractivity contribution in [1.82, 2.24) is 4.98 Å². The van der Waals surface area contributed by atoms with E-state index in [-0.39, 0.29) is 5.75 Å². The van der Waals surface area contributed by atoms with Gasteiger partial charge in [0.05, 0.1) is 23.5 Å². The third-order valence-corrected chi connectivity index (χ3v) is 3.22. The Bertz CT molecular complexity index is 835. The summed E-state index contributed by atoms with van der Waals surface area (Å²) in [4.78, 5) is 4.22. The number of nitrogens with one attached hydrogen (secondary N) is 1. The highest BCUT2D eigenvalue weighted by atomic mass is 16.3. The van der Waals surface area contributed by atoms with Crippen LogP contribution >= 0.6 is 0 Å². The van der Waals surface area contributed by atoms with Crippen molar-refractivity contribution in [2.24, 2.45) is 0 Å². The van der Waals surface area contributed by atoms with E-state index in [1.165, 1.54) is 0 Å². The number of benzene rings is 2. The third-order valence-electron chi connectivity index (χ3n) is 3.22. The van der Waals surface area contributed by atoms with Crippen LogP contribution in [0, 0.1) is 11.3 Å². The molecule has 0 atom stereocenters. The number of phenolic OH excluding ortho intramolecular Hbond substituents is 1. The zero-order chi connectivity index (χ0) is 15.4. The Kier molecular flexibility index (Phi) is 3.71. The zero-order valence-electron chi connectivity index (χ0n) is 11.7. The van der Waals surface area contributed by atoms with Gasteiger partial charge in [-0.15, -0.1) is 0 Å². The molecule has 0 radical (unpaired) electrons. The summed E-state index contributed by atoms with van der Waals surface area (Å²) in [7, 11) is 0. The normalized spacial score (nSPS) is 9.95. The number of hydrogen-bond donors (Lipinski definition) is 2. The van der Waals surface area contributed by atoms with Crippen LogP contribution in [0.25, 0.3) is 11.1 Å². The molecule has 106 valence electrons. The van der Waals surface area contributed by atoms with Crippen molar-refractivity contribution in [3.63, 3.8) is 0 Å².